The van der Waals surface area contributed by atoms with Gasteiger partial charge < -0.3 is 19.7 Å². The normalized spacial score (nSPS) is 23.2. The van der Waals surface area contributed by atoms with Crippen molar-refractivity contribution in [3.63, 3.8) is 0 Å². The number of anilines is 1. The smallest absolute Gasteiger partial charge is 0.120 e. The third-order valence-corrected chi connectivity index (χ3v) is 7.02. The van der Waals surface area contributed by atoms with Crippen LogP contribution in [0.1, 0.15) is 24.2 Å². The minimum atomic E-state index is 0.133. The van der Waals surface area contributed by atoms with Crippen LogP contribution >= 0.6 is 31.9 Å². The molecule has 2 aromatic rings. The SMILES string of the molecule is COc1ccc(N2CCNC(C(C)C3OCCc4cc(Br)ccc43)C2)c(Br)c1. The van der Waals surface area contributed by atoms with Crippen molar-refractivity contribution in [2.75, 3.05) is 38.3 Å². The van der Waals surface area contributed by atoms with Gasteiger partial charge in [0.25, 0.3) is 0 Å². The molecule has 0 bridgehead atoms. The van der Waals surface area contributed by atoms with Crippen molar-refractivity contribution in [1.82, 2.24) is 5.32 Å². The highest BCUT2D eigenvalue weighted by atomic mass is 79.9. The number of ether oxygens (including phenoxy) is 2. The van der Waals surface area contributed by atoms with Crippen molar-refractivity contribution < 1.29 is 9.47 Å². The summed E-state index contributed by atoms with van der Waals surface area (Å²) in [4.78, 5) is 2.45. The van der Waals surface area contributed by atoms with Gasteiger partial charge in [0.2, 0.25) is 0 Å². The molecule has 2 aromatic carbocycles. The van der Waals surface area contributed by atoms with Crippen LogP contribution in [0.3, 0.4) is 0 Å². The molecular weight excluding hydrogens is 484 g/mol. The highest BCUT2D eigenvalue weighted by molar-refractivity contribution is 9.10. The Labute approximate surface area is 183 Å². The number of halogens is 2. The van der Waals surface area contributed by atoms with Crippen LogP contribution in [-0.4, -0.2) is 39.4 Å². The van der Waals surface area contributed by atoms with Crippen molar-refractivity contribution >= 4 is 37.5 Å². The Bertz CT molecular complexity index is 845. The zero-order valence-corrected chi connectivity index (χ0v) is 19.4. The maximum absolute atomic E-state index is 6.25. The van der Waals surface area contributed by atoms with E-state index in [9.17, 15) is 0 Å². The number of hydrogen-bond acceptors (Lipinski definition) is 4. The molecule has 3 atom stereocenters. The van der Waals surface area contributed by atoms with Gasteiger partial charge in [-0.1, -0.05) is 28.9 Å². The molecule has 0 saturated carbocycles. The largest absolute Gasteiger partial charge is 0.497 e. The minimum absolute atomic E-state index is 0.133. The molecule has 4 nitrogen and oxygen atoms in total. The van der Waals surface area contributed by atoms with Crippen LogP contribution in [0.4, 0.5) is 5.69 Å². The highest BCUT2D eigenvalue weighted by Gasteiger charge is 2.34. The van der Waals surface area contributed by atoms with Crippen LogP contribution in [0.25, 0.3) is 0 Å². The molecule has 0 aromatic heterocycles. The third-order valence-electron chi connectivity index (χ3n) is 5.89. The van der Waals surface area contributed by atoms with Crippen molar-refractivity contribution in [1.29, 1.82) is 0 Å². The van der Waals surface area contributed by atoms with E-state index in [1.165, 1.54) is 16.8 Å². The van der Waals surface area contributed by atoms with Crippen molar-refractivity contribution in [2.24, 2.45) is 5.92 Å². The molecule has 0 aliphatic carbocycles. The van der Waals surface area contributed by atoms with E-state index in [2.05, 4.69) is 73.3 Å². The topological polar surface area (TPSA) is 33.7 Å². The van der Waals surface area contributed by atoms with Crippen LogP contribution in [0.2, 0.25) is 0 Å². The van der Waals surface area contributed by atoms with Gasteiger partial charge >= 0.3 is 0 Å². The quantitative estimate of drug-likeness (QED) is 0.632. The van der Waals surface area contributed by atoms with Crippen LogP contribution in [-0.2, 0) is 11.2 Å². The van der Waals surface area contributed by atoms with E-state index in [1.807, 2.05) is 12.1 Å². The Hall–Kier alpha value is -1.08. The summed E-state index contributed by atoms with van der Waals surface area (Å²) in [6.07, 6.45) is 1.12. The molecule has 6 heteroatoms. The van der Waals surface area contributed by atoms with E-state index in [4.69, 9.17) is 9.47 Å². The Morgan fingerprint density at radius 3 is 2.86 bits per heavy atom. The standard InChI is InChI=1S/C22H26Br2N2O2/c1-14(22-18-5-3-16(23)11-15(18)7-10-28-22)20-13-26(9-8-25-20)21-6-4-17(27-2)12-19(21)24/h3-6,11-12,14,20,22,25H,7-10,13H2,1-2H3. The third kappa shape index (κ3) is 4.11. The lowest BCUT2D eigenvalue weighted by molar-refractivity contribution is -0.00541. The fraction of sp³-hybridized carbons (Fsp3) is 0.455. The lowest BCUT2D eigenvalue weighted by Crippen LogP contribution is -2.54. The number of rotatable bonds is 4. The van der Waals surface area contributed by atoms with E-state index in [0.29, 0.717) is 12.0 Å². The Morgan fingerprint density at radius 1 is 1.21 bits per heavy atom. The second-order valence-electron chi connectivity index (χ2n) is 7.57. The predicted octanol–water partition coefficient (Wildman–Crippen LogP) is 4.95. The number of nitrogens with one attached hydrogen (secondary N) is 1. The van der Waals surface area contributed by atoms with Gasteiger partial charge in [-0.3, -0.25) is 0 Å². The molecule has 2 aliphatic heterocycles. The van der Waals surface area contributed by atoms with E-state index < -0.39 is 0 Å². The number of piperazine rings is 1. The number of hydrogen-bond donors (Lipinski definition) is 1. The van der Waals surface area contributed by atoms with Crippen molar-refractivity contribution in [3.05, 3.63) is 56.5 Å². The molecule has 150 valence electrons. The first-order chi connectivity index (χ1) is 13.6. The van der Waals surface area contributed by atoms with Gasteiger partial charge in [-0.05, 0) is 63.8 Å². The lowest BCUT2D eigenvalue weighted by atomic mass is 9.85. The Morgan fingerprint density at radius 2 is 2.07 bits per heavy atom. The summed E-state index contributed by atoms with van der Waals surface area (Å²) < 4.78 is 13.8. The second kappa shape index (κ2) is 8.74. The molecule has 4 rings (SSSR count). The summed E-state index contributed by atoms with van der Waals surface area (Å²) in [6.45, 7) is 6.01. The molecule has 1 fully saturated rings. The monoisotopic (exact) mass is 508 g/mol. The molecule has 3 unspecified atom stereocenters. The van der Waals surface area contributed by atoms with Crippen LogP contribution in [0, 0.1) is 5.92 Å². The van der Waals surface area contributed by atoms with E-state index in [-0.39, 0.29) is 6.10 Å². The first-order valence-electron chi connectivity index (χ1n) is 9.78. The van der Waals surface area contributed by atoms with Gasteiger partial charge in [-0.15, -0.1) is 0 Å². The zero-order chi connectivity index (χ0) is 19.7. The number of nitrogens with zero attached hydrogens (tertiary/aromatic N) is 1. The summed E-state index contributed by atoms with van der Waals surface area (Å²) in [5, 5.41) is 3.73. The fourth-order valence-electron chi connectivity index (χ4n) is 4.32. The van der Waals surface area contributed by atoms with Gasteiger partial charge in [0.05, 0.1) is 25.5 Å². The van der Waals surface area contributed by atoms with Gasteiger partial charge in [-0.25, -0.2) is 0 Å². The highest BCUT2D eigenvalue weighted by Crippen LogP contribution is 2.37. The lowest BCUT2D eigenvalue weighted by Gasteiger charge is -2.42. The van der Waals surface area contributed by atoms with Gasteiger partial charge in [0.1, 0.15) is 5.75 Å². The molecule has 0 radical (unpaired) electrons. The molecule has 1 saturated heterocycles. The Kier molecular flexibility index (Phi) is 6.30. The fourth-order valence-corrected chi connectivity index (χ4v) is 5.34. The molecule has 2 aliphatic rings. The average Bonchev–Trinajstić information content (AvgIpc) is 2.72. The number of benzene rings is 2. The molecular formula is C22H26Br2N2O2. The van der Waals surface area contributed by atoms with Crippen molar-refractivity contribution in [3.8, 4) is 5.75 Å². The molecule has 2 heterocycles. The second-order valence-corrected chi connectivity index (χ2v) is 9.34. The van der Waals surface area contributed by atoms with E-state index in [0.717, 1.165) is 47.4 Å². The average molecular weight is 510 g/mol. The number of fused-ring (bicyclic) bond motifs is 1. The van der Waals surface area contributed by atoms with Gasteiger partial charge in [0, 0.05) is 40.5 Å². The van der Waals surface area contributed by atoms with E-state index >= 15 is 0 Å². The zero-order valence-electron chi connectivity index (χ0n) is 16.3. The molecule has 0 amide bonds. The van der Waals surface area contributed by atoms with E-state index in [1.54, 1.807) is 7.11 Å². The summed E-state index contributed by atoms with van der Waals surface area (Å²) in [6, 6.07) is 13.2. The summed E-state index contributed by atoms with van der Waals surface area (Å²) in [5.41, 5.74) is 3.96. The summed E-state index contributed by atoms with van der Waals surface area (Å²) in [5.74, 6) is 1.24. The van der Waals surface area contributed by atoms with Gasteiger partial charge in [-0.2, -0.15) is 0 Å². The minimum Gasteiger partial charge on any atom is -0.497 e. The predicted molar refractivity (Wildman–Crippen MR) is 120 cm³/mol. The summed E-state index contributed by atoms with van der Waals surface area (Å²) >= 11 is 7.32. The molecule has 0 spiro atoms. The number of methoxy groups -OCH3 is 1. The first-order valence-corrected chi connectivity index (χ1v) is 11.4. The summed E-state index contributed by atoms with van der Waals surface area (Å²) in [7, 11) is 1.70. The van der Waals surface area contributed by atoms with Crippen LogP contribution in [0.5, 0.6) is 5.75 Å². The Balaban J connectivity index is 1.52. The first kappa shape index (κ1) is 20.2. The van der Waals surface area contributed by atoms with Crippen molar-refractivity contribution in [2.45, 2.75) is 25.5 Å². The maximum atomic E-state index is 6.25. The van der Waals surface area contributed by atoms with Gasteiger partial charge in [0.15, 0.2) is 0 Å². The van der Waals surface area contributed by atoms with Crippen LogP contribution < -0.4 is 15.0 Å². The molecule has 28 heavy (non-hydrogen) atoms. The maximum Gasteiger partial charge on any atom is 0.120 e. The molecule has 1 N–H and O–H groups in total. The van der Waals surface area contributed by atoms with Crippen LogP contribution in [0.15, 0.2) is 45.3 Å².